The van der Waals surface area contributed by atoms with Crippen molar-refractivity contribution in [3.8, 4) is 0 Å². The molecule has 2 N–H and O–H groups in total. The number of aryl methyl sites for hydroxylation is 3. The molecule has 0 fully saturated rings. The van der Waals surface area contributed by atoms with Crippen LogP contribution in [0, 0.1) is 20.8 Å². The number of pyridine rings is 1. The summed E-state index contributed by atoms with van der Waals surface area (Å²) in [6, 6.07) is 1.84. The molecule has 0 aromatic carbocycles. The molecule has 0 spiro atoms. The Balaban J connectivity index is 2.20. The molecular formula is C15H18N2O5S. The first-order valence-electron chi connectivity index (χ1n) is 6.96. The highest BCUT2D eigenvalue weighted by Crippen LogP contribution is 2.26. The van der Waals surface area contributed by atoms with Gasteiger partial charge in [0.25, 0.3) is 0 Å². The lowest BCUT2D eigenvalue weighted by atomic mass is 10.1. The Labute approximate surface area is 134 Å². The zero-order valence-electron chi connectivity index (χ0n) is 13.1. The van der Waals surface area contributed by atoms with E-state index in [0.29, 0.717) is 6.42 Å². The Morgan fingerprint density at radius 3 is 2.61 bits per heavy atom. The van der Waals surface area contributed by atoms with E-state index in [2.05, 4.69) is 9.71 Å². The van der Waals surface area contributed by atoms with Gasteiger partial charge in [0.1, 0.15) is 22.0 Å². The average Bonchev–Trinajstić information content (AvgIpc) is 2.76. The van der Waals surface area contributed by atoms with Crippen molar-refractivity contribution in [2.24, 2.45) is 0 Å². The van der Waals surface area contributed by atoms with Gasteiger partial charge in [-0.3, -0.25) is 4.98 Å². The maximum atomic E-state index is 12.4. The first-order chi connectivity index (χ1) is 10.7. The normalized spacial score (nSPS) is 11.6. The SMILES string of the molecule is Cc1ccncc1CCNS(=O)(=O)c1c(C)oc(C)c1C(=O)O. The molecule has 0 unspecified atom stereocenters. The van der Waals surface area contributed by atoms with Crippen LogP contribution in [0.15, 0.2) is 27.8 Å². The third-order valence-corrected chi connectivity index (χ3v) is 5.13. The van der Waals surface area contributed by atoms with Gasteiger partial charge in [0, 0.05) is 18.9 Å². The maximum absolute atomic E-state index is 12.4. The molecule has 8 heteroatoms. The molecule has 124 valence electrons. The predicted molar refractivity (Wildman–Crippen MR) is 83.0 cm³/mol. The number of hydrogen-bond donors (Lipinski definition) is 2. The van der Waals surface area contributed by atoms with Crippen LogP contribution in [-0.2, 0) is 16.4 Å². The Kier molecular flexibility index (Phi) is 4.86. The number of rotatable bonds is 6. The largest absolute Gasteiger partial charge is 0.478 e. The molecule has 2 heterocycles. The number of furan rings is 1. The molecule has 0 radical (unpaired) electrons. The van der Waals surface area contributed by atoms with E-state index in [9.17, 15) is 18.3 Å². The van der Waals surface area contributed by atoms with E-state index >= 15 is 0 Å². The molecule has 0 saturated heterocycles. The van der Waals surface area contributed by atoms with Crippen LogP contribution < -0.4 is 4.72 Å². The van der Waals surface area contributed by atoms with E-state index in [1.165, 1.54) is 13.8 Å². The predicted octanol–water partition coefficient (Wildman–Crippen LogP) is 1.82. The van der Waals surface area contributed by atoms with Crippen molar-refractivity contribution in [2.45, 2.75) is 32.1 Å². The van der Waals surface area contributed by atoms with Gasteiger partial charge in [0.2, 0.25) is 10.0 Å². The van der Waals surface area contributed by atoms with Gasteiger partial charge in [0.05, 0.1) is 0 Å². The molecule has 2 aromatic heterocycles. The van der Waals surface area contributed by atoms with E-state index in [1.54, 1.807) is 12.4 Å². The average molecular weight is 338 g/mol. The molecule has 0 aliphatic heterocycles. The highest BCUT2D eigenvalue weighted by molar-refractivity contribution is 7.89. The van der Waals surface area contributed by atoms with Crippen molar-refractivity contribution < 1.29 is 22.7 Å². The fraction of sp³-hybridized carbons (Fsp3) is 0.333. The summed E-state index contributed by atoms with van der Waals surface area (Å²) < 4.78 is 32.4. The summed E-state index contributed by atoms with van der Waals surface area (Å²) in [5.74, 6) is -1.20. The van der Waals surface area contributed by atoms with Crippen LogP contribution in [-0.4, -0.2) is 31.0 Å². The monoisotopic (exact) mass is 338 g/mol. The van der Waals surface area contributed by atoms with Crippen LogP contribution in [0.3, 0.4) is 0 Å². The molecule has 0 atom stereocenters. The van der Waals surface area contributed by atoms with Crippen molar-refractivity contribution >= 4 is 16.0 Å². The minimum atomic E-state index is -3.97. The second kappa shape index (κ2) is 6.51. The van der Waals surface area contributed by atoms with E-state index < -0.39 is 16.0 Å². The van der Waals surface area contributed by atoms with Crippen LogP contribution in [0.5, 0.6) is 0 Å². The van der Waals surface area contributed by atoms with Crippen molar-refractivity contribution in [3.63, 3.8) is 0 Å². The Hall–Kier alpha value is -2.19. The summed E-state index contributed by atoms with van der Waals surface area (Å²) in [5, 5.41) is 9.20. The summed E-state index contributed by atoms with van der Waals surface area (Å²) in [6.45, 7) is 4.91. The first-order valence-corrected chi connectivity index (χ1v) is 8.44. The fourth-order valence-electron chi connectivity index (χ4n) is 2.38. The van der Waals surface area contributed by atoms with Crippen LogP contribution in [0.4, 0.5) is 0 Å². The summed E-state index contributed by atoms with van der Waals surface area (Å²) in [4.78, 5) is 15.0. The van der Waals surface area contributed by atoms with Crippen LogP contribution in [0.1, 0.15) is 33.0 Å². The van der Waals surface area contributed by atoms with Crippen molar-refractivity contribution in [2.75, 3.05) is 6.54 Å². The number of carboxylic acid groups (broad SMARTS) is 1. The lowest BCUT2D eigenvalue weighted by Gasteiger charge is -2.08. The maximum Gasteiger partial charge on any atom is 0.340 e. The van der Waals surface area contributed by atoms with Crippen LogP contribution in [0.2, 0.25) is 0 Å². The van der Waals surface area contributed by atoms with Crippen LogP contribution in [0.25, 0.3) is 0 Å². The quantitative estimate of drug-likeness (QED) is 0.831. The summed E-state index contributed by atoms with van der Waals surface area (Å²) in [6.07, 6.45) is 3.80. The third kappa shape index (κ3) is 3.59. The molecule has 2 aromatic rings. The number of aromatic nitrogens is 1. The minimum absolute atomic E-state index is 0.0601. The molecule has 0 bridgehead atoms. The van der Waals surface area contributed by atoms with E-state index in [1.807, 2.05) is 13.0 Å². The number of carbonyl (C=O) groups is 1. The number of nitrogens with one attached hydrogen (secondary N) is 1. The van der Waals surface area contributed by atoms with Gasteiger partial charge >= 0.3 is 5.97 Å². The number of aromatic carboxylic acids is 1. The fourth-order valence-corrected chi connectivity index (χ4v) is 3.82. The molecule has 0 amide bonds. The Morgan fingerprint density at radius 2 is 2.00 bits per heavy atom. The van der Waals surface area contributed by atoms with Gasteiger partial charge < -0.3 is 9.52 Å². The van der Waals surface area contributed by atoms with Crippen LogP contribution >= 0.6 is 0 Å². The number of sulfonamides is 1. The number of nitrogens with zero attached hydrogens (tertiary/aromatic N) is 1. The van der Waals surface area contributed by atoms with Crippen molar-refractivity contribution in [1.29, 1.82) is 0 Å². The number of hydrogen-bond acceptors (Lipinski definition) is 5. The van der Waals surface area contributed by atoms with Gasteiger partial charge in [-0.05, 0) is 44.4 Å². The molecular weight excluding hydrogens is 320 g/mol. The second-order valence-electron chi connectivity index (χ2n) is 5.17. The standard InChI is InChI=1S/C15H18N2O5S/c1-9-4-6-16-8-12(9)5-7-17-23(20,21)14-11(3)22-10(2)13(14)15(18)19/h4,6,8,17H,5,7H2,1-3H3,(H,18,19). The second-order valence-corrected chi connectivity index (χ2v) is 6.88. The van der Waals surface area contributed by atoms with Gasteiger partial charge in [-0.1, -0.05) is 0 Å². The lowest BCUT2D eigenvalue weighted by Crippen LogP contribution is -2.27. The highest BCUT2D eigenvalue weighted by atomic mass is 32.2. The van der Waals surface area contributed by atoms with Crippen molar-refractivity contribution in [3.05, 3.63) is 46.7 Å². The van der Waals surface area contributed by atoms with Gasteiger partial charge in [-0.25, -0.2) is 17.9 Å². The van der Waals surface area contributed by atoms with Crippen molar-refractivity contribution in [1.82, 2.24) is 9.71 Å². The molecule has 7 nitrogen and oxygen atoms in total. The lowest BCUT2D eigenvalue weighted by molar-refractivity contribution is 0.0691. The third-order valence-electron chi connectivity index (χ3n) is 3.52. The zero-order chi connectivity index (χ0) is 17.2. The van der Waals surface area contributed by atoms with E-state index in [-0.39, 0.29) is 28.5 Å². The van der Waals surface area contributed by atoms with Gasteiger partial charge in [-0.15, -0.1) is 0 Å². The smallest absolute Gasteiger partial charge is 0.340 e. The Morgan fingerprint density at radius 1 is 1.30 bits per heavy atom. The summed E-state index contributed by atoms with van der Waals surface area (Å²) in [7, 11) is -3.97. The highest BCUT2D eigenvalue weighted by Gasteiger charge is 2.30. The molecule has 0 aliphatic carbocycles. The topological polar surface area (TPSA) is 110 Å². The van der Waals surface area contributed by atoms with Gasteiger partial charge in [-0.2, -0.15) is 0 Å². The summed E-state index contributed by atoms with van der Waals surface area (Å²) in [5.41, 5.74) is 1.61. The first kappa shape index (κ1) is 17.2. The zero-order valence-corrected chi connectivity index (χ0v) is 13.9. The van der Waals surface area contributed by atoms with Gasteiger partial charge in [0.15, 0.2) is 0 Å². The summed E-state index contributed by atoms with van der Waals surface area (Å²) >= 11 is 0. The van der Waals surface area contributed by atoms with E-state index in [4.69, 9.17) is 4.42 Å². The molecule has 23 heavy (non-hydrogen) atoms. The molecule has 2 rings (SSSR count). The molecule has 0 saturated carbocycles. The minimum Gasteiger partial charge on any atom is -0.478 e. The Bertz CT molecular complexity index is 840. The van der Waals surface area contributed by atoms with E-state index in [0.717, 1.165) is 11.1 Å². The number of carboxylic acids is 1. The molecule has 0 aliphatic rings.